The highest BCUT2D eigenvalue weighted by Gasteiger charge is 2.11. The second-order valence-corrected chi connectivity index (χ2v) is 3.00. The SMILES string of the molecule is COC(=O)c1cc(C#CCCO)ccc1O. The molecule has 0 bridgehead atoms. The maximum absolute atomic E-state index is 11.2. The lowest BCUT2D eigenvalue weighted by Crippen LogP contribution is -2.01. The number of phenols is 1. The van der Waals surface area contributed by atoms with Gasteiger partial charge >= 0.3 is 5.97 Å². The number of aliphatic hydroxyl groups excluding tert-OH is 1. The fourth-order valence-electron chi connectivity index (χ4n) is 1.11. The van der Waals surface area contributed by atoms with E-state index < -0.39 is 5.97 Å². The summed E-state index contributed by atoms with van der Waals surface area (Å²) in [4.78, 5) is 11.2. The van der Waals surface area contributed by atoms with E-state index in [0.29, 0.717) is 12.0 Å². The van der Waals surface area contributed by atoms with E-state index in [4.69, 9.17) is 5.11 Å². The molecular formula is C12H12O4. The molecule has 4 nitrogen and oxygen atoms in total. The predicted octanol–water partition coefficient (Wildman–Crippen LogP) is 0.913. The first-order valence-electron chi connectivity index (χ1n) is 4.70. The van der Waals surface area contributed by atoms with E-state index in [1.807, 2.05) is 0 Å². The summed E-state index contributed by atoms with van der Waals surface area (Å²) < 4.78 is 4.51. The van der Waals surface area contributed by atoms with Crippen LogP contribution in [-0.4, -0.2) is 29.9 Å². The van der Waals surface area contributed by atoms with Crippen LogP contribution in [0.2, 0.25) is 0 Å². The van der Waals surface area contributed by atoms with Gasteiger partial charge in [0.25, 0.3) is 0 Å². The van der Waals surface area contributed by atoms with E-state index in [1.54, 1.807) is 6.07 Å². The summed E-state index contributed by atoms with van der Waals surface area (Å²) in [5.74, 6) is 4.74. The van der Waals surface area contributed by atoms with Gasteiger partial charge in [-0.15, -0.1) is 0 Å². The van der Waals surface area contributed by atoms with Crippen LogP contribution in [0.4, 0.5) is 0 Å². The Morgan fingerprint density at radius 2 is 2.25 bits per heavy atom. The summed E-state index contributed by atoms with van der Waals surface area (Å²) in [6, 6.07) is 4.42. The van der Waals surface area contributed by atoms with Crippen molar-refractivity contribution in [2.24, 2.45) is 0 Å². The molecule has 1 rings (SSSR count). The summed E-state index contributed by atoms with van der Waals surface area (Å²) >= 11 is 0. The fraction of sp³-hybridized carbons (Fsp3) is 0.250. The molecular weight excluding hydrogens is 208 g/mol. The van der Waals surface area contributed by atoms with Gasteiger partial charge in [0, 0.05) is 12.0 Å². The zero-order chi connectivity index (χ0) is 12.0. The zero-order valence-electron chi connectivity index (χ0n) is 8.86. The van der Waals surface area contributed by atoms with Crippen molar-refractivity contribution in [3.05, 3.63) is 29.3 Å². The van der Waals surface area contributed by atoms with Gasteiger partial charge in [-0.3, -0.25) is 0 Å². The minimum Gasteiger partial charge on any atom is -0.507 e. The molecule has 0 aliphatic carbocycles. The summed E-state index contributed by atoms with van der Waals surface area (Å²) in [6.45, 7) is -0.00502. The van der Waals surface area contributed by atoms with Crippen molar-refractivity contribution in [1.29, 1.82) is 0 Å². The number of hydrogen-bond donors (Lipinski definition) is 2. The third-order valence-corrected chi connectivity index (χ3v) is 1.87. The molecule has 1 aromatic rings. The average Bonchev–Trinajstić information content (AvgIpc) is 2.30. The predicted molar refractivity (Wildman–Crippen MR) is 58.0 cm³/mol. The van der Waals surface area contributed by atoms with Crippen molar-refractivity contribution < 1.29 is 19.7 Å². The lowest BCUT2D eigenvalue weighted by Gasteiger charge is -2.02. The van der Waals surface area contributed by atoms with E-state index in [-0.39, 0.29) is 17.9 Å². The van der Waals surface area contributed by atoms with Crippen LogP contribution in [0.3, 0.4) is 0 Å². The van der Waals surface area contributed by atoms with Crippen molar-refractivity contribution in [3.63, 3.8) is 0 Å². The fourth-order valence-corrected chi connectivity index (χ4v) is 1.11. The van der Waals surface area contributed by atoms with Crippen LogP contribution in [0.25, 0.3) is 0 Å². The Bertz CT molecular complexity index is 440. The molecule has 4 heteroatoms. The summed E-state index contributed by atoms with van der Waals surface area (Å²) in [6.07, 6.45) is 0.369. The van der Waals surface area contributed by atoms with E-state index in [2.05, 4.69) is 16.6 Å². The van der Waals surface area contributed by atoms with Crippen molar-refractivity contribution in [3.8, 4) is 17.6 Å². The van der Waals surface area contributed by atoms with Crippen molar-refractivity contribution in [1.82, 2.24) is 0 Å². The number of methoxy groups -OCH3 is 1. The Morgan fingerprint density at radius 1 is 1.50 bits per heavy atom. The van der Waals surface area contributed by atoms with Gasteiger partial charge in [-0.1, -0.05) is 11.8 Å². The van der Waals surface area contributed by atoms with Gasteiger partial charge in [-0.2, -0.15) is 0 Å². The molecule has 16 heavy (non-hydrogen) atoms. The van der Waals surface area contributed by atoms with Gasteiger partial charge in [0.2, 0.25) is 0 Å². The Kier molecular flexibility index (Phi) is 4.37. The first kappa shape index (κ1) is 12.1. The number of rotatable bonds is 2. The molecule has 0 aliphatic rings. The highest BCUT2D eigenvalue weighted by molar-refractivity contribution is 5.92. The van der Waals surface area contributed by atoms with E-state index in [1.165, 1.54) is 19.2 Å². The van der Waals surface area contributed by atoms with E-state index >= 15 is 0 Å². The van der Waals surface area contributed by atoms with E-state index in [9.17, 15) is 9.90 Å². The smallest absolute Gasteiger partial charge is 0.341 e. The Balaban J connectivity index is 2.99. The Morgan fingerprint density at radius 3 is 2.88 bits per heavy atom. The number of aliphatic hydroxyl groups is 1. The Labute approximate surface area is 93.5 Å². The topological polar surface area (TPSA) is 66.8 Å². The summed E-state index contributed by atoms with van der Waals surface area (Å²) in [5.41, 5.74) is 0.671. The number of hydrogen-bond acceptors (Lipinski definition) is 4. The molecule has 0 spiro atoms. The molecule has 1 aromatic carbocycles. The highest BCUT2D eigenvalue weighted by atomic mass is 16.5. The maximum atomic E-state index is 11.2. The molecule has 0 aromatic heterocycles. The zero-order valence-corrected chi connectivity index (χ0v) is 8.86. The molecule has 0 saturated heterocycles. The number of ether oxygens (including phenoxy) is 1. The normalized spacial score (nSPS) is 9.12. The van der Waals surface area contributed by atoms with Crippen LogP contribution in [-0.2, 0) is 4.74 Å². The monoisotopic (exact) mass is 220 g/mol. The number of phenolic OH excluding ortho intramolecular Hbond substituents is 1. The number of aromatic hydroxyl groups is 1. The lowest BCUT2D eigenvalue weighted by molar-refractivity contribution is 0.0597. The number of benzene rings is 1. The minimum absolute atomic E-state index is 0.00502. The molecule has 0 radical (unpaired) electrons. The van der Waals surface area contributed by atoms with Crippen LogP contribution in [0, 0.1) is 11.8 Å². The molecule has 0 atom stereocenters. The largest absolute Gasteiger partial charge is 0.507 e. The van der Waals surface area contributed by atoms with Crippen molar-refractivity contribution in [2.75, 3.05) is 13.7 Å². The second-order valence-electron chi connectivity index (χ2n) is 3.00. The van der Waals surface area contributed by atoms with Gasteiger partial charge in [-0.25, -0.2) is 4.79 Å². The molecule has 0 amide bonds. The van der Waals surface area contributed by atoms with Gasteiger partial charge in [-0.05, 0) is 18.2 Å². The standard InChI is InChI=1S/C12H12O4/c1-16-12(15)10-8-9(4-2-3-7-13)5-6-11(10)14/h5-6,8,13-14H,3,7H2,1H3. The lowest BCUT2D eigenvalue weighted by atomic mass is 10.1. The molecule has 84 valence electrons. The summed E-state index contributed by atoms with van der Waals surface area (Å²) in [7, 11) is 1.24. The third-order valence-electron chi connectivity index (χ3n) is 1.87. The van der Waals surface area contributed by atoms with Crippen LogP contribution in [0.5, 0.6) is 5.75 Å². The van der Waals surface area contributed by atoms with Crippen LogP contribution < -0.4 is 0 Å². The van der Waals surface area contributed by atoms with Gasteiger partial charge in [0.15, 0.2) is 0 Å². The minimum atomic E-state index is -0.608. The third kappa shape index (κ3) is 3.01. The molecule has 0 saturated carbocycles. The molecule has 0 aliphatic heterocycles. The number of carbonyl (C=O) groups is 1. The van der Waals surface area contributed by atoms with Gasteiger partial charge in [0.1, 0.15) is 11.3 Å². The second kappa shape index (κ2) is 5.79. The van der Waals surface area contributed by atoms with Crippen molar-refractivity contribution >= 4 is 5.97 Å². The molecule has 0 unspecified atom stereocenters. The summed E-state index contributed by atoms with van der Waals surface area (Å²) in [5, 5.41) is 18.0. The quantitative estimate of drug-likeness (QED) is 0.574. The number of carbonyl (C=O) groups excluding carboxylic acids is 1. The highest BCUT2D eigenvalue weighted by Crippen LogP contribution is 2.18. The van der Waals surface area contributed by atoms with Crippen LogP contribution >= 0.6 is 0 Å². The molecule has 0 heterocycles. The first-order chi connectivity index (χ1) is 7.69. The molecule has 0 fully saturated rings. The van der Waals surface area contributed by atoms with Crippen LogP contribution in [0.1, 0.15) is 22.3 Å². The maximum Gasteiger partial charge on any atom is 0.341 e. The van der Waals surface area contributed by atoms with Crippen LogP contribution in [0.15, 0.2) is 18.2 Å². The average molecular weight is 220 g/mol. The van der Waals surface area contributed by atoms with E-state index in [0.717, 1.165) is 0 Å². The Hall–Kier alpha value is -1.99. The first-order valence-corrected chi connectivity index (χ1v) is 4.70. The van der Waals surface area contributed by atoms with Gasteiger partial charge < -0.3 is 14.9 Å². The van der Waals surface area contributed by atoms with Crippen molar-refractivity contribution in [2.45, 2.75) is 6.42 Å². The number of esters is 1. The van der Waals surface area contributed by atoms with Gasteiger partial charge in [0.05, 0.1) is 13.7 Å². The molecule has 2 N–H and O–H groups in total.